The smallest absolute Gasteiger partial charge is 0.252 e. The largest absolute Gasteiger partial charge is 0.456 e. The second kappa shape index (κ2) is 15.1. The van der Waals surface area contributed by atoms with Gasteiger partial charge < -0.3 is 23.5 Å². The van der Waals surface area contributed by atoms with Gasteiger partial charge in [-0.3, -0.25) is 0 Å². The van der Waals surface area contributed by atoms with Crippen molar-refractivity contribution < 1.29 is 8.83 Å². The van der Waals surface area contributed by atoms with Gasteiger partial charge in [-0.05, 0) is 149 Å². The Morgan fingerprint density at radius 1 is 0.479 bits per heavy atom. The Balaban J connectivity index is 1.02. The van der Waals surface area contributed by atoms with E-state index in [1.54, 1.807) is 0 Å². The van der Waals surface area contributed by atoms with Crippen LogP contribution in [0.15, 0.2) is 191 Å². The summed E-state index contributed by atoms with van der Waals surface area (Å²) >= 11 is 0. The van der Waals surface area contributed by atoms with Gasteiger partial charge in [-0.2, -0.15) is 0 Å². The number of hydrogen-bond acceptors (Lipinski definition) is 5. The average molecular weight is 946 g/mol. The van der Waals surface area contributed by atoms with E-state index in [-0.39, 0.29) is 23.1 Å². The van der Waals surface area contributed by atoms with Crippen molar-refractivity contribution in [1.82, 2.24) is 0 Å². The number of benzene rings is 9. The van der Waals surface area contributed by atoms with Gasteiger partial charge in [0, 0.05) is 67.5 Å². The second-order valence-corrected chi connectivity index (χ2v) is 22.9. The molecule has 5 heterocycles. The number of para-hydroxylation sites is 2. The summed E-state index contributed by atoms with van der Waals surface area (Å²) in [6.07, 6.45) is 4.77. The van der Waals surface area contributed by atoms with Crippen LogP contribution in [0, 0.1) is 6.92 Å². The molecule has 0 amide bonds. The van der Waals surface area contributed by atoms with Crippen molar-refractivity contribution in [2.75, 3.05) is 14.7 Å². The standard InChI is InChI=1S/C67H56BN3O2/c1-41-35-57-64-58(36-41)70(54-21-16-24-61-63(54)49-20-11-13-23-60(49)72-61)55-37-43(42-17-8-7-9-18-42)25-30-51(55)68(64)52-31-28-46(39-56(52)69(57)45-27-29-48-47-19-10-12-22-59(47)73-62(48)40-45)71-53-32-26-44(65(2,3)4)38-50(53)66(5)33-14-15-34-67(66,71)6/h7-13,16-32,35-40H,14-15,33-34H2,1-6H3. The molecule has 11 aromatic rings. The number of anilines is 8. The first-order valence-corrected chi connectivity index (χ1v) is 26.3. The van der Waals surface area contributed by atoms with E-state index in [0.29, 0.717) is 0 Å². The molecule has 1 aliphatic carbocycles. The second-order valence-electron chi connectivity index (χ2n) is 22.9. The molecule has 0 spiro atoms. The lowest BCUT2D eigenvalue weighted by Gasteiger charge is -2.50. The first-order chi connectivity index (χ1) is 35.5. The molecule has 5 nitrogen and oxygen atoms in total. The Bertz CT molecular complexity index is 4120. The van der Waals surface area contributed by atoms with Gasteiger partial charge >= 0.3 is 0 Å². The molecule has 1 fully saturated rings. The summed E-state index contributed by atoms with van der Waals surface area (Å²) < 4.78 is 13.3. The van der Waals surface area contributed by atoms with Crippen molar-refractivity contribution in [2.24, 2.45) is 0 Å². The maximum absolute atomic E-state index is 6.71. The quantitative estimate of drug-likeness (QED) is 0.164. The van der Waals surface area contributed by atoms with E-state index in [1.807, 2.05) is 0 Å². The molecule has 0 bridgehead atoms. The van der Waals surface area contributed by atoms with Crippen LogP contribution in [-0.4, -0.2) is 12.3 Å². The van der Waals surface area contributed by atoms with Gasteiger partial charge in [0.15, 0.2) is 0 Å². The van der Waals surface area contributed by atoms with E-state index >= 15 is 0 Å². The van der Waals surface area contributed by atoms with Gasteiger partial charge in [0.05, 0.1) is 16.6 Å². The molecule has 354 valence electrons. The van der Waals surface area contributed by atoms with Crippen LogP contribution in [0.4, 0.5) is 45.5 Å². The summed E-state index contributed by atoms with van der Waals surface area (Å²) in [6.45, 7) is 14.4. The third kappa shape index (κ3) is 5.92. The van der Waals surface area contributed by atoms with Gasteiger partial charge in [0.1, 0.15) is 22.3 Å². The van der Waals surface area contributed by atoms with Crippen LogP contribution in [0.2, 0.25) is 0 Å². The fraction of sp³-hybridized carbons (Fsp3) is 0.194. The minimum atomic E-state index is -0.114. The number of hydrogen-bond donors (Lipinski definition) is 0. The molecule has 2 aromatic heterocycles. The van der Waals surface area contributed by atoms with Crippen molar-refractivity contribution in [3.05, 3.63) is 199 Å². The summed E-state index contributed by atoms with van der Waals surface area (Å²) in [5.74, 6) is 0. The van der Waals surface area contributed by atoms with Gasteiger partial charge in [-0.1, -0.05) is 144 Å². The summed E-state index contributed by atoms with van der Waals surface area (Å²) in [4.78, 5) is 7.86. The van der Waals surface area contributed by atoms with E-state index in [1.165, 1.54) is 97.6 Å². The van der Waals surface area contributed by atoms with E-state index in [0.717, 1.165) is 61.7 Å². The Hall–Kier alpha value is -7.96. The Labute approximate surface area is 427 Å². The monoisotopic (exact) mass is 945 g/mol. The molecule has 0 radical (unpaired) electrons. The molecule has 3 aliphatic heterocycles. The normalized spacial score (nSPS) is 18.9. The van der Waals surface area contributed by atoms with Crippen LogP contribution in [0.1, 0.15) is 77.0 Å². The molecule has 9 aromatic carbocycles. The van der Waals surface area contributed by atoms with Crippen LogP contribution in [0.3, 0.4) is 0 Å². The zero-order valence-corrected chi connectivity index (χ0v) is 42.4. The van der Waals surface area contributed by atoms with Crippen molar-refractivity contribution >= 4 is 112 Å². The third-order valence-corrected chi connectivity index (χ3v) is 17.8. The van der Waals surface area contributed by atoms with Gasteiger partial charge in [0.2, 0.25) is 0 Å². The number of rotatable bonds is 4. The highest BCUT2D eigenvalue weighted by Crippen LogP contribution is 2.62. The van der Waals surface area contributed by atoms with E-state index in [2.05, 4.69) is 238 Å². The molecule has 2 unspecified atom stereocenters. The van der Waals surface area contributed by atoms with Gasteiger partial charge in [-0.15, -0.1) is 0 Å². The lowest BCUT2D eigenvalue weighted by Crippen LogP contribution is -2.61. The van der Waals surface area contributed by atoms with E-state index < -0.39 is 0 Å². The van der Waals surface area contributed by atoms with Gasteiger partial charge in [-0.25, -0.2) is 0 Å². The predicted molar refractivity (Wildman–Crippen MR) is 307 cm³/mol. The number of aryl methyl sites for hydroxylation is 1. The molecule has 15 rings (SSSR count). The Morgan fingerprint density at radius 2 is 1.14 bits per heavy atom. The lowest BCUT2D eigenvalue weighted by atomic mass is 9.33. The molecular formula is C67H56BN3O2. The number of furan rings is 2. The maximum atomic E-state index is 6.71. The van der Waals surface area contributed by atoms with Crippen molar-refractivity contribution in [1.29, 1.82) is 0 Å². The zero-order chi connectivity index (χ0) is 49.1. The Kier molecular flexibility index (Phi) is 8.80. The summed E-state index contributed by atoms with van der Waals surface area (Å²) in [5, 5.41) is 4.47. The molecule has 0 N–H and O–H groups in total. The first-order valence-electron chi connectivity index (χ1n) is 26.3. The molecule has 1 saturated carbocycles. The Morgan fingerprint density at radius 3 is 1.95 bits per heavy atom. The van der Waals surface area contributed by atoms with E-state index in [9.17, 15) is 0 Å². The van der Waals surface area contributed by atoms with Crippen LogP contribution in [0.5, 0.6) is 0 Å². The van der Waals surface area contributed by atoms with Crippen LogP contribution in [0.25, 0.3) is 55.0 Å². The number of nitrogens with zero attached hydrogens (tertiary/aromatic N) is 3. The summed E-state index contributed by atoms with van der Waals surface area (Å²) in [6, 6.07) is 68.0. The molecule has 73 heavy (non-hydrogen) atoms. The first kappa shape index (κ1) is 42.7. The van der Waals surface area contributed by atoms with Crippen molar-refractivity contribution in [3.63, 3.8) is 0 Å². The van der Waals surface area contributed by atoms with Crippen molar-refractivity contribution in [3.8, 4) is 11.1 Å². The minimum Gasteiger partial charge on any atom is -0.456 e. The third-order valence-electron chi connectivity index (χ3n) is 17.8. The molecule has 4 aliphatic rings. The minimum absolute atomic E-state index is 0.00618. The molecule has 6 heteroatoms. The fourth-order valence-corrected chi connectivity index (χ4v) is 14.0. The molecule has 0 saturated heterocycles. The van der Waals surface area contributed by atoms with E-state index in [4.69, 9.17) is 8.83 Å². The van der Waals surface area contributed by atoms with Crippen LogP contribution < -0.4 is 31.1 Å². The summed E-state index contributed by atoms with van der Waals surface area (Å²) in [7, 11) is 0. The lowest BCUT2D eigenvalue weighted by molar-refractivity contribution is 0.195. The topological polar surface area (TPSA) is 36.0 Å². The van der Waals surface area contributed by atoms with Crippen LogP contribution in [-0.2, 0) is 10.8 Å². The molecule has 2 atom stereocenters. The average Bonchev–Trinajstić information content (AvgIpc) is 4.04. The SMILES string of the molecule is Cc1cc2c3c(c1)N(c1cccc4oc5ccccc5c14)c1cc(-c4ccccc4)ccc1B3c1ccc(N3c4ccc(C(C)(C)C)cc4C4(C)CCCCC34C)cc1N2c1ccc2c(c1)oc1ccccc12. The predicted octanol–water partition coefficient (Wildman–Crippen LogP) is 16.6. The summed E-state index contributed by atoms with van der Waals surface area (Å²) in [5.41, 5.74) is 23.3. The van der Waals surface area contributed by atoms with Crippen molar-refractivity contribution in [2.45, 2.75) is 83.6 Å². The zero-order valence-electron chi connectivity index (χ0n) is 42.4. The molecular weight excluding hydrogens is 890 g/mol. The fourth-order valence-electron chi connectivity index (χ4n) is 14.0. The maximum Gasteiger partial charge on any atom is 0.252 e. The highest BCUT2D eigenvalue weighted by Gasteiger charge is 2.58. The highest BCUT2D eigenvalue weighted by molar-refractivity contribution is 7.00. The van der Waals surface area contributed by atoms with Crippen LogP contribution >= 0.6 is 0 Å². The number of fused-ring (bicyclic) bond motifs is 13. The van der Waals surface area contributed by atoms with Gasteiger partial charge in [0.25, 0.3) is 6.71 Å². The highest BCUT2D eigenvalue weighted by atomic mass is 16.3.